The number of rotatable bonds is 6. The summed E-state index contributed by atoms with van der Waals surface area (Å²) in [5.41, 5.74) is 5.09. The first kappa shape index (κ1) is 21.6. The molecule has 0 aliphatic carbocycles. The van der Waals surface area contributed by atoms with Crippen LogP contribution >= 0.6 is 0 Å². The molecule has 9 heteroatoms. The summed E-state index contributed by atoms with van der Waals surface area (Å²) in [5, 5.41) is 20.8. The Morgan fingerprint density at radius 2 is 1.72 bits per heavy atom. The van der Waals surface area contributed by atoms with Gasteiger partial charge in [-0.15, -0.1) is 15.3 Å². The lowest BCUT2D eigenvalue weighted by Crippen LogP contribution is -2.07. The van der Waals surface area contributed by atoms with Crippen molar-refractivity contribution in [1.29, 1.82) is 0 Å². The minimum absolute atomic E-state index is 0.0768. The van der Waals surface area contributed by atoms with E-state index < -0.39 is 0 Å². The predicted octanol–water partition coefficient (Wildman–Crippen LogP) is 5.35. The molecule has 36 heavy (non-hydrogen) atoms. The molecule has 4 heterocycles. The molecule has 0 aliphatic rings. The van der Waals surface area contributed by atoms with Gasteiger partial charge in [-0.25, -0.2) is 14.1 Å². The van der Waals surface area contributed by atoms with Gasteiger partial charge in [-0.3, -0.25) is 0 Å². The maximum Gasteiger partial charge on any atom is 0.177 e. The predicted molar refractivity (Wildman–Crippen MR) is 135 cm³/mol. The average Bonchev–Trinajstić information content (AvgIpc) is 3.57. The van der Waals surface area contributed by atoms with E-state index in [1.54, 1.807) is 33.9 Å². The molecule has 176 valence electrons. The van der Waals surface area contributed by atoms with E-state index in [4.69, 9.17) is 5.10 Å². The number of pyridine rings is 1. The van der Waals surface area contributed by atoms with Crippen LogP contribution in [0, 0.1) is 5.82 Å². The van der Waals surface area contributed by atoms with E-state index in [0.29, 0.717) is 17.2 Å². The zero-order valence-corrected chi connectivity index (χ0v) is 19.3. The van der Waals surface area contributed by atoms with Crippen molar-refractivity contribution < 1.29 is 4.39 Å². The summed E-state index contributed by atoms with van der Waals surface area (Å²) in [6.07, 6.45) is 5.22. The van der Waals surface area contributed by atoms with E-state index in [9.17, 15) is 4.39 Å². The summed E-state index contributed by atoms with van der Waals surface area (Å²) < 4.78 is 17.0. The van der Waals surface area contributed by atoms with Crippen LogP contribution in [0.4, 0.5) is 10.2 Å². The second kappa shape index (κ2) is 9.03. The molecule has 6 rings (SSSR count). The van der Waals surface area contributed by atoms with Crippen LogP contribution in [0.2, 0.25) is 0 Å². The minimum Gasteiger partial charge on any atom is -0.364 e. The molecule has 0 saturated carbocycles. The largest absolute Gasteiger partial charge is 0.364 e. The Morgan fingerprint density at radius 3 is 2.56 bits per heavy atom. The third kappa shape index (κ3) is 4.18. The van der Waals surface area contributed by atoms with Crippen molar-refractivity contribution in [3.63, 3.8) is 0 Å². The summed E-state index contributed by atoms with van der Waals surface area (Å²) >= 11 is 0. The summed E-state index contributed by atoms with van der Waals surface area (Å²) in [6, 6.07) is 24.2. The van der Waals surface area contributed by atoms with Gasteiger partial charge in [-0.1, -0.05) is 30.3 Å². The number of anilines is 1. The molecule has 0 amide bonds. The summed E-state index contributed by atoms with van der Waals surface area (Å²) in [6.45, 7) is 2.10. The van der Waals surface area contributed by atoms with Crippen LogP contribution < -0.4 is 5.32 Å². The molecule has 1 N–H and O–H groups in total. The van der Waals surface area contributed by atoms with E-state index in [2.05, 4.69) is 44.7 Å². The Morgan fingerprint density at radius 1 is 0.889 bits per heavy atom. The number of hydrogen-bond donors (Lipinski definition) is 1. The van der Waals surface area contributed by atoms with Crippen molar-refractivity contribution in [1.82, 2.24) is 34.6 Å². The fraction of sp³-hybridized carbons (Fsp3) is 0.0741. The van der Waals surface area contributed by atoms with Gasteiger partial charge in [-0.2, -0.15) is 9.61 Å². The highest BCUT2D eigenvalue weighted by Crippen LogP contribution is 2.33. The van der Waals surface area contributed by atoms with Crippen molar-refractivity contribution in [3.8, 4) is 28.2 Å². The van der Waals surface area contributed by atoms with Crippen LogP contribution in [0.3, 0.4) is 0 Å². The molecule has 6 aromatic rings. The Labute approximate surface area is 206 Å². The van der Waals surface area contributed by atoms with Gasteiger partial charge in [0, 0.05) is 29.6 Å². The van der Waals surface area contributed by atoms with E-state index in [0.717, 1.165) is 22.5 Å². The number of nitrogens with zero attached hydrogens (tertiary/aromatic N) is 7. The average molecular weight is 477 g/mol. The van der Waals surface area contributed by atoms with Gasteiger partial charge in [0.15, 0.2) is 11.5 Å². The molecule has 8 nitrogen and oxygen atoms in total. The first-order valence-electron chi connectivity index (χ1n) is 11.4. The molecule has 0 aliphatic heterocycles. The molecule has 0 spiro atoms. The lowest BCUT2D eigenvalue weighted by molar-refractivity contribution is 0.628. The number of halogens is 1. The number of aromatic nitrogens is 7. The van der Waals surface area contributed by atoms with E-state index in [1.807, 2.05) is 48.7 Å². The molecule has 0 fully saturated rings. The quantitative estimate of drug-likeness (QED) is 0.349. The van der Waals surface area contributed by atoms with Gasteiger partial charge in [0.2, 0.25) is 0 Å². The maximum absolute atomic E-state index is 13.7. The minimum atomic E-state index is -0.301. The van der Waals surface area contributed by atoms with Crippen molar-refractivity contribution >= 4 is 11.5 Å². The van der Waals surface area contributed by atoms with Crippen LogP contribution in [-0.2, 0) is 0 Å². The van der Waals surface area contributed by atoms with Crippen molar-refractivity contribution in [2.45, 2.75) is 13.0 Å². The molecule has 0 radical (unpaired) electrons. The number of fused-ring (bicyclic) bond motifs is 1. The number of benzene rings is 2. The zero-order valence-electron chi connectivity index (χ0n) is 19.3. The molecule has 0 saturated heterocycles. The van der Waals surface area contributed by atoms with Gasteiger partial charge in [0.25, 0.3) is 0 Å². The molecule has 2 aromatic carbocycles. The van der Waals surface area contributed by atoms with E-state index >= 15 is 0 Å². The van der Waals surface area contributed by atoms with Crippen LogP contribution in [0.15, 0.2) is 97.6 Å². The SMILES string of the molecule is CC(Nc1cc(-c2cn(-c3ccc4nncn4n3)nc2-c2ccc(F)cc2)ccn1)c1ccccc1. The normalized spacial score (nSPS) is 12.1. The smallest absolute Gasteiger partial charge is 0.177 e. The lowest BCUT2D eigenvalue weighted by atomic mass is 10.0. The molecule has 1 atom stereocenters. The molecule has 0 bridgehead atoms. The Bertz CT molecular complexity index is 1640. The fourth-order valence-electron chi connectivity index (χ4n) is 4.09. The molecule has 1 unspecified atom stereocenters. The van der Waals surface area contributed by atoms with Gasteiger partial charge in [0.1, 0.15) is 23.7 Å². The second-order valence-corrected chi connectivity index (χ2v) is 8.37. The number of hydrogen-bond acceptors (Lipinski definition) is 6. The van der Waals surface area contributed by atoms with Gasteiger partial charge in [-0.05, 0) is 66.6 Å². The van der Waals surface area contributed by atoms with Crippen LogP contribution in [-0.4, -0.2) is 34.6 Å². The van der Waals surface area contributed by atoms with Gasteiger partial charge in [0.05, 0.1) is 0 Å². The van der Waals surface area contributed by atoms with Crippen molar-refractivity contribution in [3.05, 3.63) is 109 Å². The topological polar surface area (TPSA) is 85.8 Å². The van der Waals surface area contributed by atoms with Gasteiger partial charge >= 0.3 is 0 Å². The summed E-state index contributed by atoms with van der Waals surface area (Å²) in [4.78, 5) is 4.52. The highest BCUT2D eigenvalue weighted by Gasteiger charge is 2.17. The third-order valence-electron chi connectivity index (χ3n) is 5.95. The molecular formula is C27H21FN8. The van der Waals surface area contributed by atoms with Crippen LogP contribution in [0.1, 0.15) is 18.5 Å². The zero-order chi connectivity index (χ0) is 24.5. The van der Waals surface area contributed by atoms with Crippen molar-refractivity contribution in [2.24, 2.45) is 0 Å². The summed E-state index contributed by atoms with van der Waals surface area (Å²) in [5.74, 6) is 1.04. The van der Waals surface area contributed by atoms with E-state index in [-0.39, 0.29) is 11.9 Å². The van der Waals surface area contributed by atoms with E-state index in [1.165, 1.54) is 17.7 Å². The Balaban J connectivity index is 1.42. The first-order valence-corrected chi connectivity index (χ1v) is 11.4. The van der Waals surface area contributed by atoms with Gasteiger partial charge < -0.3 is 5.32 Å². The Hall–Kier alpha value is -4.92. The standard InChI is InChI=1S/C27H21FN8/c1-18(19-5-3-2-4-6-19)31-24-15-21(13-14-29-24)23-16-35(26-12-11-25-32-30-17-36(25)33-26)34-27(23)20-7-9-22(28)10-8-20/h2-18H,1H3,(H,29,31). The summed E-state index contributed by atoms with van der Waals surface area (Å²) in [7, 11) is 0. The third-order valence-corrected chi connectivity index (χ3v) is 5.95. The van der Waals surface area contributed by atoms with Crippen molar-refractivity contribution in [2.75, 3.05) is 5.32 Å². The lowest BCUT2D eigenvalue weighted by Gasteiger charge is -2.15. The maximum atomic E-state index is 13.7. The second-order valence-electron chi connectivity index (χ2n) is 8.37. The van der Waals surface area contributed by atoms with Crippen LogP contribution in [0.25, 0.3) is 33.8 Å². The van der Waals surface area contributed by atoms with Crippen LogP contribution in [0.5, 0.6) is 0 Å². The monoisotopic (exact) mass is 476 g/mol. The first-order chi connectivity index (χ1) is 17.6. The highest BCUT2D eigenvalue weighted by molar-refractivity contribution is 5.81. The molecule has 4 aromatic heterocycles. The number of nitrogens with one attached hydrogen (secondary N) is 1. The molecular weight excluding hydrogens is 455 g/mol. The highest BCUT2D eigenvalue weighted by atomic mass is 19.1. The fourth-order valence-corrected chi connectivity index (χ4v) is 4.09. The Kier molecular flexibility index (Phi) is 5.42.